The number of aliphatic hydroxyl groups is 1. The molecule has 0 bridgehead atoms. The predicted molar refractivity (Wildman–Crippen MR) is 88.3 cm³/mol. The Morgan fingerprint density at radius 2 is 2.17 bits per heavy atom. The molecule has 7 nitrogen and oxygen atoms in total. The minimum atomic E-state index is -0.884. The molecular weight excluding hydrogens is 294 g/mol. The number of nitrogens with one attached hydrogen (secondary N) is 3. The molecule has 2 aliphatic rings. The van der Waals surface area contributed by atoms with Gasteiger partial charge in [-0.2, -0.15) is 5.10 Å². The zero-order chi connectivity index (χ0) is 16.3. The molecular formula is C16H25N5O2. The Hall–Kier alpha value is -1.67. The molecule has 1 saturated heterocycles. The number of aromatic amines is 1. The van der Waals surface area contributed by atoms with Crippen LogP contribution in [0.3, 0.4) is 0 Å². The van der Waals surface area contributed by atoms with Crippen LogP contribution in [-0.2, 0) is 4.74 Å². The number of aromatic nitrogens is 2. The van der Waals surface area contributed by atoms with Crippen molar-refractivity contribution in [2.45, 2.75) is 25.3 Å². The Balaban J connectivity index is 1.78. The third-order valence-corrected chi connectivity index (χ3v) is 3.99. The average Bonchev–Trinajstić information content (AvgIpc) is 3.08. The monoisotopic (exact) mass is 319 g/mol. The number of ether oxygens (including phenoxy) is 1. The van der Waals surface area contributed by atoms with E-state index in [2.05, 4.69) is 25.7 Å². The Bertz CT molecular complexity index is 570. The van der Waals surface area contributed by atoms with Gasteiger partial charge in [-0.25, -0.2) is 0 Å². The molecule has 0 spiro atoms. The maximum atomic E-state index is 10.0. The highest BCUT2D eigenvalue weighted by Gasteiger charge is 2.38. The van der Waals surface area contributed by atoms with Crippen LogP contribution in [-0.4, -0.2) is 64.4 Å². The maximum Gasteiger partial charge on any atom is 0.218 e. The summed E-state index contributed by atoms with van der Waals surface area (Å²) in [6.45, 7) is 7.32. The van der Waals surface area contributed by atoms with E-state index in [0.717, 1.165) is 37.3 Å². The molecule has 1 fully saturated rings. The number of hydrogen-bond acceptors (Lipinski definition) is 6. The van der Waals surface area contributed by atoms with E-state index in [-0.39, 0.29) is 6.61 Å². The van der Waals surface area contributed by atoms with Crippen molar-refractivity contribution in [1.82, 2.24) is 25.7 Å². The van der Waals surface area contributed by atoms with Crippen LogP contribution < -0.4 is 10.6 Å². The van der Waals surface area contributed by atoms with Crippen LogP contribution in [0.25, 0.3) is 5.57 Å². The van der Waals surface area contributed by atoms with Crippen LogP contribution in [0.4, 0.5) is 0 Å². The molecule has 23 heavy (non-hydrogen) atoms. The standard InChI is InChI=1S/C16H25N5O2/c1-15(2,22)12-23-16(21-7-5-17-6-8-21)4-3-13(9-18-16)14-10-19-20-11-14/h3-4,9-11,17-18,22H,5-8,12H2,1-2H3,(H,19,20). The number of allylic oxidation sites excluding steroid dienone is 2. The van der Waals surface area contributed by atoms with E-state index in [1.165, 1.54) is 0 Å². The summed E-state index contributed by atoms with van der Waals surface area (Å²) in [4.78, 5) is 2.24. The van der Waals surface area contributed by atoms with E-state index >= 15 is 0 Å². The molecule has 7 heteroatoms. The lowest BCUT2D eigenvalue weighted by molar-refractivity contribution is -0.171. The van der Waals surface area contributed by atoms with Crippen molar-refractivity contribution >= 4 is 5.57 Å². The van der Waals surface area contributed by atoms with E-state index in [0.29, 0.717) is 0 Å². The number of hydrogen-bond donors (Lipinski definition) is 4. The zero-order valence-corrected chi connectivity index (χ0v) is 13.7. The Kier molecular flexibility index (Phi) is 4.54. The summed E-state index contributed by atoms with van der Waals surface area (Å²) in [6.07, 6.45) is 9.64. The van der Waals surface area contributed by atoms with Gasteiger partial charge >= 0.3 is 0 Å². The summed E-state index contributed by atoms with van der Waals surface area (Å²) >= 11 is 0. The molecule has 1 atom stereocenters. The van der Waals surface area contributed by atoms with Crippen molar-refractivity contribution in [3.63, 3.8) is 0 Å². The van der Waals surface area contributed by atoms with Gasteiger partial charge in [0.15, 0.2) is 0 Å². The molecule has 126 valence electrons. The second-order valence-corrected chi connectivity index (χ2v) is 6.60. The molecule has 0 amide bonds. The number of rotatable bonds is 5. The summed E-state index contributed by atoms with van der Waals surface area (Å²) in [7, 11) is 0. The largest absolute Gasteiger partial charge is 0.388 e. The number of piperazine rings is 1. The number of dihydropyridines is 1. The Morgan fingerprint density at radius 1 is 1.39 bits per heavy atom. The lowest BCUT2D eigenvalue weighted by Crippen LogP contribution is -2.64. The highest BCUT2D eigenvalue weighted by atomic mass is 16.5. The number of nitrogens with zero attached hydrogens (tertiary/aromatic N) is 2. The summed E-state index contributed by atoms with van der Waals surface area (Å²) in [6, 6.07) is 0. The van der Waals surface area contributed by atoms with E-state index in [1.807, 2.05) is 24.5 Å². The lowest BCUT2D eigenvalue weighted by Gasteiger charge is -2.45. The topological polar surface area (TPSA) is 85.4 Å². The summed E-state index contributed by atoms with van der Waals surface area (Å²) in [5.74, 6) is -0.727. The van der Waals surface area contributed by atoms with E-state index in [9.17, 15) is 5.11 Å². The highest BCUT2D eigenvalue weighted by molar-refractivity contribution is 5.74. The van der Waals surface area contributed by atoms with Gasteiger partial charge in [-0.3, -0.25) is 10.00 Å². The maximum absolute atomic E-state index is 10.0. The first-order chi connectivity index (χ1) is 11.0. The third kappa shape index (κ3) is 3.81. The van der Waals surface area contributed by atoms with Crippen LogP contribution in [0.2, 0.25) is 0 Å². The Labute approximate surface area is 136 Å². The van der Waals surface area contributed by atoms with Crippen LogP contribution in [0, 0.1) is 0 Å². The molecule has 3 rings (SSSR count). The second-order valence-electron chi connectivity index (χ2n) is 6.60. The number of H-pyrrole nitrogens is 1. The first-order valence-electron chi connectivity index (χ1n) is 7.97. The fraction of sp³-hybridized carbons (Fsp3) is 0.562. The summed E-state index contributed by atoms with van der Waals surface area (Å²) in [5, 5.41) is 23.6. The minimum absolute atomic E-state index is 0.239. The molecule has 0 radical (unpaired) electrons. The molecule has 3 heterocycles. The second kappa shape index (κ2) is 6.45. The third-order valence-electron chi connectivity index (χ3n) is 3.99. The van der Waals surface area contributed by atoms with Crippen molar-refractivity contribution in [1.29, 1.82) is 0 Å². The molecule has 0 aliphatic carbocycles. The van der Waals surface area contributed by atoms with Crippen LogP contribution >= 0.6 is 0 Å². The van der Waals surface area contributed by atoms with Crippen molar-refractivity contribution in [2.24, 2.45) is 0 Å². The lowest BCUT2D eigenvalue weighted by atomic mass is 10.1. The van der Waals surface area contributed by atoms with Gasteiger partial charge in [0, 0.05) is 49.7 Å². The first-order valence-corrected chi connectivity index (χ1v) is 7.97. The quantitative estimate of drug-likeness (QED) is 0.623. The molecule has 0 saturated carbocycles. The fourth-order valence-corrected chi connectivity index (χ4v) is 2.73. The van der Waals surface area contributed by atoms with Gasteiger partial charge in [-0.05, 0) is 19.9 Å². The van der Waals surface area contributed by atoms with Gasteiger partial charge in [0.05, 0.1) is 18.4 Å². The van der Waals surface area contributed by atoms with Gasteiger partial charge in [0.2, 0.25) is 5.85 Å². The highest BCUT2D eigenvalue weighted by Crippen LogP contribution is 2.26. The summed E-state index contributed by atoms with van der Waals surface area (Å²) in [5.41, 5.74) is 1.17. The normalized spacial score (nSPS) is 26.0. The Morgan fingerprint density at radius 3 is 2.74 bits per heavy atom. The van der Waals surface area contributed by atoms with E-state index < -0.39 is 11.4 Å². The molecule has 2 aliphatic heterocycles. The molecule has 4 N–H and O–H groups in total. The van der Waals surface area contributed by atoms with Crippen LogP contribution in [0.15, 0.2) is 30.7 Å². The predicted octanol–water partition coefficient (Wildman–Crippen LogP) is 0.257. The molecule has 0 aromatic carbocycles. The average molecular weight is 319 g/mol. The van der Waals surface area contributed by atoms with Crippen LogP contribution in [0.1, 0.15) is 19.4 Å². The summed E-state index contributed by atoms with van der Waals surface area (Å²) < 4.78 is 6.12. The van der Waals surface area contributed by atoms with E-state index in [1.54, 1.807) is 20.0 Å². The molecule has 1 aromatic heterocycles. The van der Waals surface area contributed by atoms with Crippen molar-refractivity contribution in [3.8, 4) is 0 Å². The van der Waals surface area contributed by atoms with Gasteiger partial charge in [0.1, 0.15) is 0 Å². The van der Waals surface area contributed by atoms with Crippen LogP contribution in [0.5, 0.6) is 0 Å². The smallest absolute Gasteiger partial charge is 0.218 e. The van der Waals surface area contributed by atoms with Gasteiger partial charge < -0.3 is 20.5 Å². The zero-order valence-electron chi connectivity index (χ0n) is 13.7. The van der Waals surface area contributed by atoms with Crippen molar-refractivity contribution in [3.05, 3.63) is 36.3 Å². The fourth-order valence-electron chi connectivity index (χ4n) is 2.73. The van der Waals surface area contributed by atoms with Gasteiger partial charge in [0.25, 0.3) is 0 Å². The SMILES string of the molecule is CC(C)(O)COC1(N2CCNCC2)C=CC(c2cn[nH]c2)=CN1. The van der Waals surface area contributed by atoms with Crippen molar-refractivity contribution in [2.75, 3.05) is 32.8 Å². The minimum Gasteiger partial charge on any atom is -0.388 e. The first kappa shape index (κ1) is 16.2. The van der Waals surface area contributed by atoms with Crippen molar-refractivity contribution < 1.29 is 9.84 Å². The van der Waals surface area contributed by atoms with E-state index in [4.69, 9.17) is 4.74 Å². The van der Waals surface area contributed by atoms with Gasteiger partial charge in [-0.15, -0.1) is 0 Å². The molecule has 1 aromatic rings. The van der Waals surface area contributed by atoms with Gasteiger partial charge in [-0.1, -0.05) is 6.08 Å². The molecule has 1 unspecified atom stereocenters.